The van der Waals surface area contributed by atoms with E-state index in [-0.39, 0.29) is 18.3 Å². The van der Waals surface area contributed by atoms with Crippen molar-refractivity contribution in [1.29, 1.82) is 0 Å². The normalized spacial score (nSPS) is 14.4. The second kappa shape index (κ2) is 6.93. The van der Waals surface area contributed by atoms with Crippen LogP contribution < -0.4 is 4.74 Å². The van der Waals surface area contributed by atoms with Gasteiger partial charge in [-0.15, -0.1) is 0 Å². The van der Waals surface area contributed by atoms with E-state index in [1.165, 1.54) is 12.7 Å². The van der Waals surface area contributed by atoms with E-state index < -0.39 is 0 Å². The smallest absolute Gasteiger partial charge is 0.319 e. The molecule has 24 heavy (non-hydrogen) atoms. The molecule has 0 fully saturated rings. The molecule has 0 bridgehead atoms. The van der Waals surface area contributed by atoms with Crippen LogP contribution in [0.25, 0.3) is 11.1 Å². The molecule has 0 aromatic heterocycles. The molecule has 5 nitrogen and oxygen atoms in total. The Morgan fingerprint density at radius 1 is 1.25 bits per heavy atom. The predicted molar refractivity (Wildman–Crippen MR) is 91.1 cm³/mol. The Balaban J connectivity index is 1.93. The van der Waals surface area contributed by atoms with Crippen molar-refractivity contribution < 1.29 is 19.4 Å². The van der Waals surface area contributed by atoms with E-state index in [4.69, 9.17) is 9.47 Å². The zero-order valence-electron chi connectivity index (χ0n) is 13.9. The first-order valence-electron chi connectivity index (χ1n) is 7.91. The van der Waals surface area contributed by atoms with E-state index in [0.29, 0.717) is 25.4 Å². The Hall–Kier alpha value is -2.53. The lowest BCUT2D eigenvalue weighted by Gasteiger charge is -2.18. The highest BCUT2D eigenvalue weighted by atomic mass is 16.5. The molecule has 0 aliphatic carbocycles. The number of aryl methyl sites for hydroxylation is 1. The van der Waals surface area contributed by atoms with Crippen LogP contribution in [-0.2, 0) is 16.1 Å². The van der Waals surface area contributed by atoms with Gasteiger partial charge in [0.25, 0.3) is 0 Å². The molecular formula is C19H21NO4. The predicted octanol–water partition coefficient (Wildman–Crippen LogP) is 2.74. The molecule has 3 rings (SSSR count). The molecule has 0 saturated carbocycles. The quantitative estimate of drug-likeness (QED) is 0.879. The minimum Gasteiger partial charge on any atom is -0.504 e. The maximum atomic E-state index is 11.5. The van der Waals surface area contributed by atoms with Crippen LogP contribution >= 0.6 is 0 Å². The van der Waals surface area contributed by atoms with E-state index in [0.717, 1.165) is 16.7 Å². The molecule has 1 aliphatic heterocycles. The summed E-state index contributed by atoms with van der Waals surface area (Å²) in [5.74, 6) is 0.346. The summed E-state index contributed by atoms with van der Waals surface area (Å²) in [5.41, 5.74) is 4.01. The number of aromatic hydroxyl groups is 1. The van der Waals surface area contributed by atoms with E-state index in [1.807, 2.05) is 42.2 Å². The molecule has 5 heteroatoms. The number of hydrogen-bond acceptors (Lipinski definition) is 5. The van der Waals surface area contributed by atoms with Gasteiger partial charge in [0.05, 0.1) is 13.7 Å². The van der Waals surface area contributed by atoms with Gasteiger partial charge >= 0.3 is 5.97 Å². The average molecular weight is 327 g/mol. The van der Waals surface area contributed by atoms with E-state index in [1.54, 1.807) is 6.07 Å². The summed E-state index contributed by atoms with van der Waals surface area (Å²) in [6, 6.07) is 11.9. The molecular weight excluding hydrogens is 306 g/mol. The summed E-state index contributed by atoms with van der Waals surface area (Å²) < 4.78 is 10.4. The fourth-order valence-electron chi connectivity index (χ4n) is 2.85. The number of esters is 1. The molecule has 2 aromatic rings. The van der Waals surface area contributed by atoms with Crippen molar-refractivity contribution in [1.82, 2.24) is 4.90 Å². The standard InChI is InChI=1S/C19H21NO4/c1-13-3-5-14(6-4-13)15-9-16-11-20(12-18(22)23-2)7-8-24-19(16)17(21)10-15/h3-6,9-10,21H,7-8,11-12H2,1-2H3. The first-order valence-corrected chi connectivity index (χ1v) is 7.91. The number of carbonyl (C=O) groups is 1. The van der Waals surface area contributed by atoms with E-state index in [2.05, 4.69) is 0 Å². The van der Waals surface area contributed by atoms with Gasteiger partial charge in [-0.25, -0.2) is 0 Å². The van der Waals surface area contributed by atoms with Crippen molar-refractivity contribution in [3.63, 3.8) is 0 Å². The van der Waals surface area contributed by atoms with Gasteiger partial charge in [0.15, 0.2) is 11.5 Å². The maximum Gasteiger partial charge on any atom is 0.319 e. The number of carbonyl (C=O) groups excluding carboxylic acids is 1. The second-order valence-electron chi connectivity index (χ2n) is 5.98. The summed E-state index contributed by atoms with van der Waals surface area (Å²) in [6.45, 7) is 3.79. The van der Waals surface area contributed by atoms with Crippen LogP contribution in [0.15, 0.2) is 36.4 Å². The van der Waals surface area contributed by atoms with Crippen molar-refractivity contribution in [2.75, 3.05) is 26.8 Å². The van der Waals surface area contributed by atoms with Gasteiger partial charge in [0, 0.05) is 18.7 Å². The zero-order chi connectivity index (χ0) is 17.1. The SMILES string of the molecule is COC(=O)CN1CCOc2c(O)cc(-c3ccc(C)cc3)cc2C1. The lowest BCUT2D eigenvalue weighted by atomic mass is 10.0. The van der Waals surface area contributed by atoms with Crippen molar-refractivity contribution in [2.45, 2.75) is 13.5 Å². The number of phenolic OH excluding ortho intramolecular Hbond substituents is 1. The summed E-state index contributed by atoms with van der Waals surface area (Å²) in [6.07, 6.45) is 0. The highest BCUT2D eigenvalue weighted by Gasteiger charge is 2.21. The molecule has 1 heterocycles. The van der Waals surface area contributed by atoms with Gasteiger partial charge < -0.3 is 14.6 Å². The molecule has 0 amide bonds. The lowest BCUT2D eigenvalue weighted by Crippen LogP contribution is -2.31. The third-order valence-corrected chi connectivity index (χ3v) is 4.16. The van der Waals surface area contributed by atoms with Crippen molar-refractivity contribution >= 4 is 5.97 Å². The van der Waals surface area contributed by atoms with Crippen LogP contribution in [0.3, 0.4) is 0 Å². The van der Waals surface area contributed by atoms with Crippen LogP contribution in [0.4, 0.5) is 0 Å². The molecule has 1 N–H and O–H groups in total. The van der Waals surface area contributed by atoms with Gasteiger partial charge in [0.1, 0.15) is 6.61 Å². The lowest BCUT2D eigenvalue weighted by molar-refractivity contribution is -0.142. The highest BCUT2D eigenvalue weighted by Crippen LogP contribution is 2.37. The van der Waals surface area contributed by atoms with Crippen LogP contribution in [0.5, 0.6) is 11.5 Å². The highest BCUT2D eigenvalue weighted by molar-refractivity contribution is 5.72. The van der Waals surface area contributed by atoms with Gasteiger partial charge in [-0.2, -0.15) is 0 Å². The van der Waals surface area contributed by atoms with E-state index >= 15 is 0 Å². The second-order valence-corrected chi connectivity index (χ2v) is 5.98. The zero-order valence-corrected chi connectivity index (χ0v) is 13.9. The van der Waals surface area contributed by atoms with Gasteiger partial charge in [-0.1, -0.05) is 29.8 Å². The van der Waals surface area contributed by atoms with Gasteiger partial charge in [-0.05, 0) is 30.2 Å². The third kappa shape index (κ3) is 3.51. The number of methoxy groups -OCH3 is 1. The summed E-state index contributed by atoms with van der Waals surface area (Å²) in [5, 5.41) is 10.4. The number of fused-ring (bicyclic) bond motifs is 1. The van der Waals surface area contributed by atoms with Crippen LogP contribution in [-0.4, -0.2) is 42.8 Å². The number of rotatable bonds is 3. The molecule has 126 valence electrons. The minimum atomic E-state index is -0.280. The monoisotopic (exact) mass is 327 g/mol. The Morgan fingerprint density at radius 2 is 2.00 bits per heavy atom. The first-order chi connectivity index (χ1) is 11.6. The number of benzene rings is 2. The Kier molecular flexibility index (Phi) is 4.71. The van der Waals surface area contributed by atoms with Crippen LogP contribution in [0, 0.1) is 6.92 Å². The number of hydrogen-bond donors (Lipinski definition) is 1. The summed E-state index contributed by atoms with van der Waals surface area (Å²) >= 11 is 0. The molecule has 0 saturated heterocycles. The Labute approximate surface area is 141 Å². The van der Waals surface area contributed by atoms with Gasteiger partial charge in [0.2, 0.25) is 0 Å². The van der Waals surface area contributed by atoms with Crippen LogP contribution in [0.1, 0.15) is 11.1 Å². The maximum absolute atomic E-state index is 11.5. The van der Waals surface area contributed by atoms with E-state index in [9.17, 15) is 9.90 Å². The van der Waals surface area contributed by atoms with Crippen molar-refractivity contribution in [3.8, 4) is 22.6 Å². The summed E-state index contributed by atoms with van der Waals surface area (Å²) in [7, 11) is 1.38. The molecule has 2 aromatic carbocycles. The van der Waals surface area contributed by atoms with Crippen LogP contribution in [0.2, 0.25) is 0 Å². The van der Waals surface area contributed by atoms with Gasteiger partial charge in [-0.3, -0.25) is 9.69 Å². The molecule has 0 unspecified atom stereocenters. The minimum absolute atomic E-state index is 0.128. The molecule has 0 radical (unpaired) electrons. The van der Waals surface area contributed by atoms with Crippen molar-refractivity contribution in [2.24, 2.45) is 0 Å². The topological polar surface area (TPSA) is 59.0 Å². The Morgan fingerprint density at radius 3 is 2.71 bits per heavy atom. The molecule has 0 spiro atoms. The third-order valence-electron chi connectivity index (χ3n) is 4.16. The molecule has 1 aliphatic rings. The fourth-order valence-corrected chi connectivity index (χ4v) is 2.85. The number of phenols is 1. The molecule has 0 atom stereocenters. The summed E-state index contributed by atoms with van der Waals surface area (Å²) in [4.78, 5) is 13.5. The van der Waals surface area contributed by atoms with Crippen molar-refractivity contribution in [3.05, 3.63) is 47.5 Å². The number of ether oxygens (including phenoxy) is 2. The Bertz CT molecular complexity index is 740. The first kappa shape index (κ1) is 16.3. The average Bonchev–Trinajstić information content (AvgIpc) is 2.77. The fraction of sp³-hybridized carbons (Fsp3) is 0.316. The number of nitrogens with zero attached hydrogens (tertiary/aromatic N) is 1. The largest absolute Gasteiger partial charge is 0.504 e.